The molecule has 0 bridgehead atoms. The third kappa shape index (κ3) is 4.58. The second-order valence-corrected chi connectivity index (χ2v) is 5.45. The molecule has 4 aromatic rings. The van der Waals surface area contributed by atoms with Crippen LogP contribution in [0.25, 0.3) is 0 Å². The zero-order valence-electron chi connectivity index (χ0n) is 14.2. The lowest BCUT2D eigenvalue weighted by Gasteiger charge is -2.11. The van der Waals surface area contributed by atoms with Gasteiger partial charge in [0, 0.05) is 55.0 Å². The molecule has 0 amide bonds. The lowest BCUT2D eigenvalue weighted by atomic mass is 10.3. The minimum absolute atomic E-state index is 0.469. The molecule has 0 atom stereocenters. The lowest BCUT2D eigenvalue weighted by Crippen LogP contribution is -1.93. The van der Waals surface area contributed by atoms with Crippen LogP contribution in [-0.2, 0) is 0 Å². The summed E-state index contributed by atoms with van der Waals surface area (Å²) >= 11 is 0. The SMILES string of the molecule is c1ccc(Oc2cc(Oc3ccccn3)cc(Oc3ccccn3)c2)nc1. The van der Waals surface area contributed by atoms with E-state index in [0.29, 0.717) is 34.9 Å². The number of hydrogen-bond acceptors (Lipinski definition) is 6. The van der Waals surface area contributed by atoms with Crippen molar-refractivity contribution in [3.63, 3.8) is 0 Å². The van der Waals surface area contributed by atoms with Gasteiger partial charge in [-0.3, -0.25) is 0 Å². The van der Waals surface area contributed by atoms with E-state index in [4.69, 9.17) is 14.2 Å². The molecule has 0 N–H and O–H groups in total. The summed E-state index contributed by atoms with van der Waals surface area (Å²) < 4.78 is 17.5. The third-order valence-electron chi connectivity index (χ3n) is 3.43. The van der Waals surface area contributed by atoms with Crippen LogP contribution in [0.5, 0.6) is 34.9 Å². The normalized spacial score (nSPS) is 10.2. The summed E-state index contributed by atoms with van der Waals surface area (Å²) in [7, 11) is 0. The molecule has 0 saturated carbocycles. The standard InChI is InChI=1S/C21H15N3O3/c1-4-10-22-19(7-1)25-16-13-17(26-20-8-2-5-11-23-20)15-18(14-16)27-21-9-3-6-12-24-21/h1-15H. The van der Waals surface area contributed by atoms with Gasteiger partial charge in [0.2, 0.25) is 17.6 Å². The van der Waals surface area contributed by atoms with Gasteiger partial charge in [0.1, 0.15) is 17.2 Å². The van der Waals surface area contributed by atoms with Crippen LogP contribution >= 0.6 is 0 Å². The maximum absolute atomic E-state index is 5.82. The van der Waals surface area contributed by atoms with E-state index in [1.165, 1.54) is 0 Å². The van der Waals surface area contributed by atoms with Crippen molar-refractivity contribution >= 4 is 0 Å². The minimum Gasteiger partial charge on any atom is -0.439 e. The van der Waals surface area contributed by atoms with Crippen LogP contribution in [0, 0.1) is 0 Å². The molecule has 6 heteroatoms. The number of pyridine rings is 3. The highest BCUT2D eigenvalue weighted by atomic mass is 16.5. The van der Waals surface area contributed by atoms with Crippen molar-refractivity contribution in [3.05, 3.63) is 91.4 Å². The molecule has 0 aliphatic heterocycles. The van der Waals surface area contributed by atoms with Gasteiger partial charge in [-0.05, 0) is 18.2 Å². The molecule has 1 aromatic carbocycles. The van der Waals surface area contributed by atoms with E-state index in [1.807, 2.05) is 36.4 Å². The average molecular weight is 357 g/mol. The van der Waals surface area contributed by atoms with Gasteiger partial charge in [-0.25, -0.2) is 15.0 Å². The summed E-state index contributed by atoms with van der Waals surface area (Å²) in [5.41, 5.74) is 0. The van der Waals surface area contributed by atoms with Crippen molar-refractivity contribution in [1.82, 2.24) is 15.0 Å². The Labute approximate surface area is 156 Å². The fourth-order valence-electron chi connectivity index (χ4n) is 2.31. The van der Waals surface area contributed by atoms with Gasteiger partial charge in [0.25, 0.3) is 0 Å². The Hall–Kier alpha value is -3.93. The lowest BCUT2D eigenvalue weighted by molar-refractivity contribution is 0.422. The molecule has 6 nitrogen and oxygen atoms in total. The number of benzene rings is 1. The molecule has 132 valence electrons. The first kappa shape index (κ1) is 16.5. The van der Waals surface area contributed by atoms with Gasteiger partial charge in [-0.2, -0.15) is 0 Å². The first-order valence-corrected chi connectivity index (χ1v) is 8.27. The van der Waals surface area contributed by atoms with Crippen molar-refractivity contribution in [3.8, 4) is 34.9 Å². The van der Waals surface area contributed by atoms with Crippen molar-refractivity contribution < 1.29 is 14.2 Å². The summed E-state index contributed by atoms with van der Waals surface area (Å²) in [5, 5.41) is 0. The smallest absolute Gasteiger partial charge is 0.219 e. The number of ether oxygens (including phenoxy) is 3. The largest absolute Gasteiger partial charge is 0.439 e. The van der Waals surface area contributed by atoms with E-state index in [9.17, 15) is 0 Å². The summed E-state index contributed by atoms with van der Waals surface area (Å²) in [6.07, 6.45) is 4.98. The van der Waals surface area contributed by atoms with Gasteiger partial charge >= 0.3 is 0 Å². The van der Waals surface area contributed by atoms with E-state index >= 15 is 0 Å². The van der Waals surface area contributed by atoms with Crippen LogP contribution in [0.2, 0.25) is 0 Å². The predicted molar refractivity (Wildman–Crippen MR) is 99.4 cm³/mol. The molecule has 0 aliphatic rings. The number of hydrogen-bond donors (Lipinski definition) is 0. The topological polar surface area (TPSA) is 66.4 Å². The van der Waals surface area contributed by atoms with Crippen molar-refractivity contribution in [2.24, 2.45) is 0 Å². The van der Waals surface area contributed by atoms with Crippen LogP contribution < -0.4 is 14.2 Å². The molecule has 0 unspecified atom stereocenters. The first-order chi connectivity index (χ1) is 13.3. The Bertz CT molecular complexity index is 852. The molecule has 0 radical (unpaired) electrons. The first-order valence-electron chi connectivity index (χ1n) is 8.27. The Morgan fingerprint density at radius 1 is 0.444 bits per heavy atom. The molecule has 3 heterocycles. The summed E-state index contributed by atoms with van der Waals surface area (Å²) in [6, 6.07) is 21.6. The van der Waals surface area contributed by atoms with Gasteiger partial charge in [0.15, 0.2) is 0 Å². The highest BCUT2D eigenvalue weighted by molar-refractivity contribution is 5.45. The summed E-state index contributed by atoms with van der Waals surface area (Å²) in [5.74, 6) is 2.97. The Kier molecular flexibility index (Phi) is 4.88. The summed E-state index contributed by atoms with van der Waals surface area (Å²) in [4.78, 5) is 12.5. The molecule has 4 rings (SSSR count). The van der Waals surface area contributed by atoms with Crippen LogP contribution in [0.4, 0.5) is 0 Å². The molecule has 0 fully saturated rings. The highest BCUT2D eigenvalue weighted by Gasteiger charge is 2.09. The second-order valence-electron chi connectivity index (χ2n) is 5.45. The fourth-order valence-corrected chi connectivity index (χ4v) is 2.31. The quantitative estimate of drug-likeness (QED) is 0.470. The molecular weight excluding hydrogens is 342 g/mol. The molecule has 3 aromatic heterocycles. The van der Waals surface area contributed by atoms with E-state index < -0.39 is 0 Å². The van der Waals surface area contributed by atoms with E-state index in [0.717, 1.165) is 0 Å². The van der Waals surface area contributed by atoms with Crippen LogP contribution in [-0.4, -0.2) is 15.0 Å². The zero-order chi connectivity index (χ0) is 18.3. The number of nitrogens with zero attached hydrogens (tertiary/aromatic N) is 3. The minimum atomic E-state index is 0.469. The average Bonchev–Trinajstić information content (AvgIpc) is 2.70. The number of rotatable bonds is 6. The van der Waals surface area contributed by atoms with Gasteiger partial charge in [-0.15, -0.1) is 0 Å². The van der Waals surface area contributed by atoms with Crippen molar-refractivity contribution in [1.29, 1.82) is 0 Å². The second kappa shape index (κ2) is 7.97. The molecule has 0 spiro atoms. The number of aromatic nitrogens is 3. The predicted octanol–water partition coefficient (Wildman–Crippen LogP) is 5.25. The Morgan fingerprint density at radius 2 is 0.778 bits per heavy atom. The third-order valence-corrected chi connectivity index (χ3v) is 3.43. The van der Waals surface area contributed by atoms with E-state index in [1.54, 1.807) is 55.0 Å². The van der Waals surface area contributed by atoms with Gasteiger partial charge in [-0.1, -0.05) is 18.2 Å². The molecule has 27 heavy (non-hydrogen) atoms. The van der Waals surface area contributed by atoms with Crippen molar-refractivity contribution in [2.45, 2.75) is 0 Å². The monoisotopic (exact) mass is 357 g/mol. The fraction of sp³-hybridized carbons (Fsp3) is 0. The molecule has 0 aliphatic carbocycles. The van der Waals surface area contributed by atoms with Gasteiger partial charge in [0.05, 0.1) is 0 Å². The maximum atomic E-state index is 5.82. The zero-order valence-corrected chi connectivity index (χ0v) is 14.2. The van der Waals surface area contributed by atoms with E-state index in [-0.39, 0.29) is 0 Å². The molecule has 0 saturated heterocycles. The van der Waals surface area contributed by atoms with Crippen LogP contribution in [0.1, 0.15) is 0 Å². The van der Waals surface area contributed by atoms with E-state index in [2.05, 4.69) is 15.0 Å². The Morgan fingerprint density at radius 3 is 1.04 bits per heavy atom. The van der Waals surface area contributed by atoms with Crippen molar-refractivity contribution in [2.75, 3.05) is 0 Å². The van der Waals surface area contributed by atoms with Crippen LogP contribution in [0.15, 0.2) is 91.4 Å². The maximum Gasteiger partial charge on any atom is 0.219 e. The highest BCUT2D eigenvalue weighted by Crippen LogP contribution is 2.34. The summed E-state index contributed by atoms with van der Waals surface area (Å²) in [6.45, 7) is 0. The molecular formula is C21H15N3O3. The Balaban J connectivity index is 1.64. The van der Waals surface area contributed by atoms with Gasteiger partial charge < -0.3 is 14.2 Å². The van der Waals surface area contributed by atoms with Crippen LogP contribution in [0.3, 0.4) is 0 Å².